The quantitative estimate of drug-likeness (QED) is 0.217. The first-order valence-corrected chi connectivity index (χ1v) is 19.6. The molecule has 5 aliphatic carbocycles. The third kappa shape index (κ3) is 5.88. The lowest BCUT2D eigenvalue weighted by atomic mass is 9.32. The van der Waals surface area contributed by atoms with Gasteiger partial charge in [-0.05, 0) is 159 Å². The largest absolute Gasteiger partial charge is 0.478 e. The zero-order valence-electron chi connectivity index (χ0n) is 31.8. The van der Waals surface area contributed by atoms with E-state index in [4.69, 9.17) is 0 Å². The van der Waals surface area contributed by atoms with Crippen molar-refractivity contribution in [1.29, 1.82) is 0 Å². The number of nitrogens with one attached hydrogen (secondary N) is 1. The fourth-order valence-electron chi connectivity index (χ4n) is 13.3. The van der Waals surface area contributed by atoms with E-state index in [1.807, 2.05) is 25.3 Å². The standard InChI is InChI=1S/C41H59N3O2.C3H6/c1-28-43-24-26-44(28)25-8-23-42-27-41-18-7-9-33(41)32-14-15-35-38(4)19-16-31(29-10-12-30(13-11-29)36(45)46)37(2,3)34(38)17-20-40(35,6)39(32,5)21-22-41;1-3-2/h10-13,16,24,26,32-35,42H,7-9,14-15,17-23,25,27H2,1-6H3,(H,45,46);3H,1H2,2H3/t32?,33?,34?,35?,38?,39-,40?,41?;/m1./s1. The van der Waals surface area contributed by atoms with Gasteiger partial charge in [-0.2, -0.15) is 0 Å². The van der Waals surface area contributed by atoms with Gasteiger partial charge >= 0.3 is 5.97 Å². The van der Waals surface area contributed by atoms with Crippen molar-refractivity contribution in [3.63, 3.8) is 0 Å². The lowest BCUT2D eigenvalue weighted by Crippen LogP contribution is -2.65. The number of carboxylic acid groups (broad SMARTS) is 1. The molecule has 1 aromatic carbocycles. The van der Waals surface area contributed by atoms with Crippen LogP contribution in [-0.4, -0.2) is 33.7 Å². The minimum absolute atomic E-state index is 0.0617. The van der Waals surface area contributed by atoms with Crippen molar-refractivity contribution < 1.29 is 9.90 Å². The number of aromatic nitrogens is 2. The molecular weight excluding hydrogens is 603 g/mol. The molecule has 0 bridgehead atoms. The van der Waals surface area contributed by atoms with E-state index >= 15 is 0 Å². The molecule has 0 amide bonds. The highest BCUT2D eigenvalue weighted by Gasteiger charge is 2.69. The average Bonchev–Trinajstić information content (AvgIpc) is 3.67. The lowest BCUT2D eigenvalue weighted by molar-refractivity contribution is -0.222. The first kappa shape index (κ1) is 36.1. The number of aromatic carboxylic acids is 1. The van der Waals surface area contributed by atoms with Crippen molar-refractivity contribution in [2.75, 3.05) is 13.1 Å². The molecule has 7 rings (SSSR count). The van der Waals surface area contributed by atoms with Crippen LogP contribution in [0.4, 0.5) is 0 Å². The second-order valence-corrected chi connectivity index (χ2v) is 18.1. The molecule has 5 aliphatic rings. The average molecular weight is 668 g/mol. The normalized spacial score (nSPS) is 37.3. The molecule has 8 atom stereocenters. The van der Waals surface area contributed by atoms with Crippen LogP contribution in [0.25, 0.3) is 5.57 Å². The van der Waals surface area contributed by atoms with Gasteiger partial charge in [0.05, 0.1) is 5.56 Å². The summed E-state index contributed by atoms with van der Waals surface area (Å²) < 4.78 is 2.28. The maximum absolute atomic E-state index is 11.5. The minimum Gasteiger partial charge on any atom is -0.478 e. The predicted octanol–water partition coefficient (Wildman–Crippen LogP) is 10.6. The van der Waals surface area contributed by atoms with Crippen molar-refractivity contribution in [3.05, 3.63) is 72.3 Å². The molecule has 7 unspecified atom stereocenters. The molecule has 268 valence electrons. The highest BCUT2D eigenvalue weighted by molar-refractivity contribution is 5.88. The Balaban J connectivity index is 0.00000134. The molecule has 4 fully saturated rings. The Labute approximate surface area is 297 Å². The maximum atomic E-state index is 11.5. The van der Waals surface area contributed by atoms with Gasteiger partial charge in [0.15, 0.2) is 0 Å². The van der Waals surface area contributed by atoms with Gasteiger partial charge in [-0.15, -0.1) is 6.58 Å². The van der Waals surface area contributed by atoms with Crippen LogP contribution in [0.2, 0.25) is 0 Å². The van der Waals surface area contributed by atoms with E-state index < -0.39 is 5.97 Å². The summed E-state index contributed by atoms with van der Waals surface area (Å²) in [5, 5.41) is 13.4. The van der Waals surface area contributed by atoms with Crippen LogP contribution in [0, 0.1) is 57.7 Å². The van der Waals surface area contributed by atoms with Gasteiger partial charge < -0.3 is 15.0 Å². The Morgan fingerprint density at radius 2 is 1.71 bits per heavy atom. The number of carbonyl (C=O) groups is 1. The molecule has 0 saturated heterocycles. The van der Waals surface area contributed by atoms with Gasteiger partial charge in [0.2, 0.25) is 0 Å². The van der Waals surface area contributed by atoms with Gasteiger partial charge in [-0.25, -0.2) is 9.78 Å². The molecule has 1 aromatic heterocycles. The SMILES string of the molecule is C=CC.Cc1nccn1CCCNCC12CCCC1C1CCC3C4(C)CC=C(c5ccc(C(=O)O)cc5)C(C)(C)C4CCC3(C)[C@]1(C)CC2. The van der Waals surface area contributed by atoms with E-state index in [1.165, 1.54) is 81.9 Å². The molecular formula is C44H65N3O2. The Morgan fingerprint density at radius 1 is 0.980 bits per heavy atom. The Bertz CT molecular complexity index is 1540. The van der Waals surface area contributed by atoms with Crippen molar-refractivity contribution in [3.8, 4) is 0 Å². The molecule has 0 aliphatic heterocycles. The number of benzene rings is 1. The molecule has 1 heterocycles. The third-order valence-electron chi connectivity index (χ3n) is 15.7. The number of hydrogen-bond donors (Lipinski definition) is 2. The summed E-state index contributed by atoms with van der Waals surface area (Å²) in [5.41, 5.74) is 4.67. The molecule has 5 nitrogen and oxygen atoms in total. The fraction of sp³-hybridized carbons (Fsp3) is 0.682. The van der Waals surface area contributed by atoms with E-state index in [2.05, 4.69) is 75.3 Å². The number of fused-ring (bicyclic) bond motifs is 7. The summed E-state index contributed by atoms with van der Waals surface area (Å²) >= 11 is 0. The lowest BCUT2D eigenvalue weighted by Gasteiger charge is -2.72. The first-order valence-electron chi connectivity index (χ1n) is 19.6. The van der Waals surface area contributed by atoms with Gasteiger partial charge in [-0.3, -0.25) is 0 Å². The van der Waals surface area contributed by atoms with Gasteiger partial charge in [0.25, 0.3) is 0 Å². The number of imidazole rings is 1. The number of aryl methyl sites for hydroxylation is 2. The molecule has 2 aromatic rings. The van der Waals surface area contributed by atoms with Crippen LogP contribution in [0.3, 0.4) is 0 Å². The topological polar surface area (TPSA) is 67.2 Å². The van der Waals surface area contributed by atoms with E-state index in [9.17, 15) is 9.90 Å². The summed E-state index contributed by atoms with van der Waals surface area (Å²) in [6, 6.07) is 7.66. The third-order valence-corrected chi connectivity index (χ3v) is 15.7. The van der Waals surface area contributed by atoms with Crippen LogP contribution >= 0.6 is 0 Å². The highest BCUT2D eigenvalue weighted by atomic mass is 16.4. The zero-order valence-corrected chi connectivity index (χ0v) is 31.8. The van der Waals surface area contributed by atoms with E-state index in [0.717, 1.165) is 43.1 Å². The van der Waals surface area contributed by atoms with Crippen LogP contribution in [0.5, 0.6) is 0 Å². The van der Waals surface area contributed by atoms with Crippen LogP contribution < -0.4 is 5.32 Å². The van der Waals surface area contributed by atoms with Crippen LogP contribution in [-0.2, 0) is 6.54 Å². The second kappa shape index (κ2) is 13.5. The Morgan fingerprint density at radius 3 is 2.39 bits per heavy atom. The predicted molar refractivity (Wildman–Crippen MR) is 202 cm³/mol. The molecule has 49 heavy (non-hydrogen) atoms. The first-order chi connectivity index (χ1) is 23.3. The summed E-state index contributed by atoms with van der Waals surface area (Å²) in [7, 11) is 0. The Hall–Kier alpha value is -2.66. The molecule has 2 N–H and O–H groups in total. The zero-order chi connectivity index (χ0) is 35.2. The molecule has 0 spiro atoms. The van der Waals surface area contributed by atoms with Gasteiger partial charge in [0.1, 0.15) is 5.82 Å². The van der Waals surface area contributed by atoms with E-state index in [0.29, 0.717) is 33.1 Å². The van der Waals surface area contributed by atoms with E-state index in [1.54, 1.807) is 18.2 Å². The summed E-state index contributed by atoms with van der Waals surface area (Å²) in [6.07, 6.45) is 23.2. The number of allylic oxidation sites excluding steroid dienone is 3. The van der Waals surface area contributed by atoms with Crippen molar-refractivity contribution >= 4 is 11.5 Å². The van der Waals surface area contributed by atoms with Gasteiger partial charge in [-0.1, -0.05) is 65.3 Å². The highest BCUT2D eigenvalue weighted by Crippen LogP contribution is 2.77. The van der Waals surface area contributed by atoms with Crippen LogP contribution in [0.15, 0.2) is 55.4 Å². The number of hydrogen-bond acceptors (Lipinski definition) is 3. The minimum atomic E-state index is -0.850. The number of nitrogens with zero attached hydrogens (tertiary/aromatic N) is 2. The molecule has 4 saturated carbocycles. The van der Waals surface area contributed by atoms with Gasteiger partial charge in [0, 0.05) is 25.5 Å². The smallest absolute Gasteiger partial charge is 0.335 e. The molecule has 0 radical (unpaired) electrons. The number of rotatable bonds is 8. The van der Waals surface area contributed by atoms with Crippen molar-refractivity contribution in [2.45, 2.75) is 126 Å². The maximum Gasteiger partial charge on any atom is 0.335 e. The van der Waals surface area contributed by atoms with E-state index in [-0.39, 0.29) is 5.41 Å². The summed E-state index contributed by atoms with van der Waals surface area (Å²) in [4.78, 5) is 15.9. The summed E-state index contributed by atoms with van der Waals surface area (Å²) in [6.45, 7) is 23.9. The van der Waals surface area contributed by atoms with Crippen LogP contribution in [0.1, 0.15) is 134 Å². The van der Waals surface area contributed by atoms with Crippen molar-refractivity contribution in [1.82, 2.24) is 14.9 Å². The fourth-order valence-corrected chi connectivity index (χ4v) is 13.3. The summed E-state index contributed by atoms with van der Waals surface area (Å²) in [5.74, 6) is 3.40. The second-order valence-electron chi connectivity index (χ2n) is 18.1. The monoisotopic (exact) mass is 668 g/mol. The number of carboxylic acids is 1. The van der Waals surface area contributed by atoms with Crippen molar-refractivity contribution in [2.24, 2.45) is 50.7 Å². The Kier molecular flexibility index (Phi) is 9.94. The molecule has 5 heteroatoms.